The minimum Gasteiger partial charge on any atom is -0.393 e. The first kappa shape index (κ1) is 8.05. The molecule has 3 nitrogen and oxygen atoms in total. The van der Waals surface area contributed by atoms with Crippen LogP contribution in [0.3, 0.4) is 0 Å². The number of hydrogen-bond donors (Lipinski definition) is 2. The van der Waals surface area contributed by atoms with E-state index in [0.29, 0.717) is 6.42 Å². The quantitative estimate of drug-likeness (QED) is 0.557. The van der Waals surface area contributed by atoms with E-state index >= 15 is 0 Å². The Morgan fingerprint density at radius 2 is 2.08 bits per heavy atom. The molecule has 2 rings (SSSR count). The maximum Gasteiger partial charge on any atom is 0.223 e. The van der Waals surface area contributed by atoms with E-state index in [9.17, 15) is 9.90 Å². The highest BCUT2D eigenvalue weighted by Gasteiger charge is 2.40. The minimum absolute atomic E-state index is 0.0238. The lowest BCUT2D eigenvalue weighted by molar-refractivity contribution is -0.128. The summed E-state index contributed by atoms with van der Waals surface area (Å²) in [6.45, 7) is 0. The van der Waals surface area contributed by atoms with Gasteiger partial charge in [-0.05, 0) is 19.3 Å². The Morgan fingerprint density at radius 3 is 2.67 bits per heavy atom. The van der Waals surface area contributed by atoms with Crippen LogP contribution in [0.5, 0.6) is 0 Å². The van der Waals surface area contributed by atoms with Gasteiger partial charge < -0.3 is 10.4 Å². The first-order chi connectivity index (χ1) is 5.70. The zero-order chi connectivity index (χ0) is 8.60. The van der Waals surface area contributed by atoms with Crippen LogP contribution in [0.4, 0.5) is 0 Å². The predicted octanol–water partition coefficient (Wildman–Crippen LogP) is 0.570. The van der Waals surface area contributed by atoms with Crippen molar-refractivity contribution in [2.24, 2.45) is 0 Å². The van der Waals surface area contributed by atoms with Gasteiger partial charge in [-0.2, -0.15) is 0 Å². The maximum atomic E-state index is 11.2. The molecule has 1 amide bonds. The fourth-order valence-electron chi connectivity index (χ4n) is 2.52. The largest absolute Gasteiger partial charge is 0.393 e. The molecule has 1 saturated heterocycles. The molecular weight excluding hydrogens is 154 g/mol. The molecule has 1 aliphatic heterocycles. The van der Waals surface area contributed by atoms with Crippen molar-refractivity contribution in [3.05, 3.63) is 0 Å². The third-order valence-corrected chi connectivity index (χ3v) is 3.01. The van der Waals surface area contributed by atoms with E-state index in [1.54, 1.807) is 0 Å². The van der Waals surface area contributed by atoms with Crippen molar-refractivity contribution in [2.45, 2.75) is 50.2 Å². The topological polar surface area (TPSA) is 49.3 Å². The van der Waals surface area contributed by atoms with Crippen molar-refractivity contribution in [3.8, 4) is 0 Å². The van der Waals surface area contributed by atoms with Crippen LogP contribution in [0.2, 0.25) is 0 Å². The number of nitrogens with one attached hydrogen (secondary N) is 1. The molecule has 1 saturated carbocycles. The Labute approximate surface area is 72.2 Å². The second kappa shape index (κ2) is 2.73. The summed E-state index contributed by atoms with van der Waals surface area (Å²) in [5, 5.41) is 12.5. The highest BCUT2D eigenvalue weighted by Crippen LogP contribution is 2.36. The summed E-state index contributed by atoms with van der Waals surface area (Å²) in [5.74, 6) is 0.0238. The maximum absolute atomic E-state index is 11.2. The molecule has 68 valence electrons. The number of carbonyl (C=O) groups is 1. The summed E-state index contributed by atoms with van der Waals surface area (Å²) < 4.78 is 0. The normalized spacial score (nSPS) is 33.8. The Bertz CT molecular complexity index is 197. The van der Waals surface area contributed by atoms with E-state index in [2.05, 4.69) is 5.32 Å². The molecule has 12 heavy (non-hydrogen) atoms. The molecule has 2 aliphatic rings. The molecule has 1 heterocycles. The Kier molecular flexibility index (Phi) is 1.83. The zero-order valence-electron chi connectivity index (χ0n) is 7.18. The molecule has 0 aromatic carbocycles. The lowest BCUT2D eigenvalue weighted by atomic mass is 9.85. The third-order valence-electron chi connectivity index (χ3n) is 3.01. The van der Waals surface area contributed by atoms with Crippen LogP contribution in [0, 0.1) is 0 Å². The van der Waals surface area contributed by atoms with Gasteiger partial charge in [0.2, 0.25) is 5.91 Å². The van der Waals surface area contributed by atoms with E-state index in [-0.39, 0.29) is 11.4 Å². The smallest absolute Gasteiger partial charge is 0.223 e. The summed E-state index contributed by atoms with van der Waals surface area (Å²) in [7, 11) is 0. The molecule has 0 aromatic heterocycles. The van der Waals surface area contributed by atoms with Gasteiger partial charge in [-0.1, -0.05) is 12.8 Å². The Balaban J connectivity index is 2.09. The molecular formula is C9H15NO2. The van der Waals surface area contributed by atoms with Crippen molar-refractivity contribution in [1.82, 2.24) is 5.32 Å². The Hall–Kier alpha value is -0.570. The number of aliphatic hydroxyl groups excluding tert-OH is 1. The van der Waals surface area contributed by atoms with Crippen LogP contribution < -0.4 is 5.32 Å². The molecule has 3 heteroatoms. The van der Waals surface area contributed by atoms with Gasteiger partial charge in [0.1, 0.15) is 0 Å². The van der Waals surface area contributed by atoms with Crippen molar-refractivity contribution in [1.29, 1.82) is 0 Å². The van der Waals surface area contributed by atoms with E-state index in [1.807, 2.05) is 0 Å². The number of amides is 1. The summed E-state index contributed by atoms with van der Waals surface area (Å²) in [5.41, 5.74) is -0.0330. The molecule has 0 unspecified atom stereocenters. The van der Waals surface area contributed by atoms with Crippen LogP contribution in [-0.4, -0.2) is 22.7 Å². The molecule has 1 spiro atoms. The molecule has 0 aromatic rings. The van der Waals surface area contributed by atoms with Gasteiger partial charge in [0.15, 0.2) is 0 Å². The van der Waals surface area contributed by atoms with E-state index in [4.69, 9.17) is 0 Å². The van der Waals surface area contributed by atoms with Gasteiger partial charge >= 0.3 is 0 Å². The van der Waals surface area contributed by atoms with Crippen molar-refractivity contribution in [2.75, 3.05) is 0 Å². The first-order valence-electron chi connectivity index (χ1n) is 4.69. The summed E-state index contributed by atoms with van der Waals surface area (Å²) in [6, 6.07) is 0. The van der Waals surface area contributed by atoms with Crippen molar-refractivity contribution < 1.29 is 9.90 Å². The van der Waals surface area contributed by atoms with E-state index in [1.165, 1.54) is 12.8 Å². The lowest BCUT2D eigenvalue weighted by Gasteiger charge is -2.36. The van der Waals surface area contributed by atoms with Crippen molar-refractivity contribution in [3.63, 3.8) is 0 Å². The SMILES string of the molecule is O=C1C[C@H](O)CC2(CCCC2)N1. The van der Waals surface area contributed by atoms with E-state index in [0.717, 1.165) is 19.3 Å². The molecule has 2 N–H and O–H groups in total. The van der Waals surface area contributed by atoms with Crippen molar-refractivity contribution >= 4 is 5.91 Å². The van der Waals surface area contributed by atoms with Gasteiger partial charge in [-0.15, -0.1) is 0 Å². The first-order valence-corrected chi connectivity index (χ1v) is 4.69. The molecule has 0 bridgehead atoms. The van der Waals surface area contributed by atoms with Crippen LogP contribution in [-0.2, 0) is 4.79 Å². The predicted molar refractivity (Wildman–Crippen MR) is 44.6 cm³/mol. The number of rotatable bonds is 0. The molecule has 1 atom stereocenters. The standard InChI is InChI=1S/C9H15NO2/c11-7-5-8(12)10-9(6-7)3-1-2-4-9/h7,11H,1-6H2,(H,10,12)/t7-/m0/s1. The third kappa shape index (κ3) is 1.33. The molecule has 1 aliphatic carbocycles. The fraction of sp³-hybridized carbons (Fsp3) is 0.889. The number of hydrogen-bond acceptors (Lipinski definition) is 2. The molecule has 0 radical (unpaired) electrons. The fourth-order valence-corrected chi connectivity index (χ4v) is 2.52. The number of carbonyl (C=O) groups excluding carboxylic acids is 1. The average molecular weight is 169 g/mol. The second-order valence-electron chi connectivity index (χ2n) is 4.10. The second-order valence-corrected chi connectivity index (χ2v) is 4.10. The zero-order valence-corrected chi connectivity index (χ0v) is 7.18. The highest BCUT2D eigenvalue weighted by atomic mass is 16.3. The Morgan fingerprint density at radius 1 is 1.42 bits per heavy atom. The molecule has 2 fully saturated rings. The van der Waals surface area contributed by atoms with Gasteiger partial charge in [0.25, 0.3) is 0 Å². The van der Waals surface area contributed by atoms with Gasteiger partial charge in [-0.3, -0.25) is 4.79 Å². The van der Waals surface area contributed by atoms with Crippen LogP contribution >= 0.6 is 0 Å². The van der Waals surface area contributed by atoms with Gasteiger partial charge in [0.05, 0.1) is 12.5 Å². The lowest BCUT2D eigenvalue weighted by Crippen LogP contribution is -2.53. The van der Waals surface area contributed by atoms with E-state index < -0.39 is 6.10 Å². The summed E-state index contributed by atoms with van der Waals surface area (Å²) in [6.07, 6.45) is 5.13. The highest BCUT2D eigenvalue weighted by molar-refractivity contribution is 5.78. The summed E-state index contributed by atoms with van der Waals surface area (Å²) >= 11 is 0. The van der Waals surface area contributed by atoms with Gasteiger partial charge in [-0.25, -0.2) is 0 Å². The monoisotopic (exact) mass is 169 g/mol. The number of aliphatic hydroxyl groups is 1. The van der Waals surface area contributed by atoms with Crippen LogP contribution in [0.25, 0.3) is 0 Å². The average Bonchev–Trinajstić information content (AvgIpc) is 2.33. The number of piperidine rings is 1. The summed E-state index contributed by atoms with van der Waals surface area (Å²) in [4.78, 5) is 11.2. The minimum atomic E-state index is -0.406. The van der Waals surface area contributed by atoms with Crippen LogP contribution in [0.15, 0.2) is 0 Å². The van der Waals surface area contributed by atoms with Crippen LogP contribution in [0.1, 0.15) is 38.5 Å². The van der Waals surface area contributed by atoms with Gasteiger partial charge in [0, 0.05) is 5.54 Å².